The SMILES string of the molecule is Cc1ccccc1C1(O)CCN(C(=O)c2cccc3ccnn23)C1. The van der Waals surface area contributed by atoms with Gasteiger partial charge in [-0.15, -0.1) is 0 Å². The quantitative estimate of drug-likeness (QED) is 0.788. The number of carbonyl (C=O) groups is 1. The second-order valence-electron chi connectivity index (χ2n) is 6.40. The highest BCUT2D eigenvalue weighted by Gasteiger charge is 2.40. The second kappa shape index (κ2) is 5.46. The molecule has 122 valence electrons. The molecule has 1 fully saturated rings. The molecule has 5 nitrogen and oxygen atoms in total. The molecule has 5 heteroatoms. The van der Waals surface area contributed by atoms with Gasteiger partial charge in [0, 0.05) is 6.54 Å². The van der Waals surface area contributed by atoms with Gasteiger partial charge in [0.2, 0.25) is 0 Å². The fraction of sp³-hybridized carbons (Fsp3) is 0.263. The van der Waals surface area contributed by atoms with Crippen molar-refractivity contribution < 1.29 is 9.90 Å². The van der Waals surface area contributed by atoms with Gasteiger partial charge in [-0.1, -0.05) is 30.3 Å². The van der Waals surface area contributed by atoms with E-state index in [2.05, 4.69) is 5.10 Å². The molecular weight excluding hydrogens is 302 g/mol. The number of pyridine rings is 1. The molecular formula is C19H19N3O2. The summed E-state index contributed by atoms with van der Waals surface area (Å²) in [5.41, 5.74) is 2.36. The molecule has 1 saturated heterocycles. The smallest absolute Gasteiger partial charge is 0.272 e. The standard InChI is InChI=1S/C19H19N3O2/c1-14-5-2-3-7-16(14)19(24)10-12-21(13-19)18(23)17-8-4-6-15-9-11-20-22(15)17/h2-9,11,24H,10,12-13H2,1H3. The van der Waals surface area contributed by atoms with E-state index in [1.54, 1.807) is 21.7 Å². The van der Waals surface area contributed by atoms with Crippen LogP contribution in [-0.4, -0.2) is 38.6 Å². The Balaban J connectivity index is 1.64. The van der Waals surface area contributed by atoms with Crippen molar-refractivity contribution in [2.45, 2.75) is 18.9 Å². The van der Waals surface area contributed by atoms with Gasteiger partial charge in [0.15, 0.2) is 0 Å². The first-order valence-corrected chi connectivity index (χ1v) is 8.09. The maximum absolute atomic E-state index is 12.9. The van der Waals surface area contributed by atoms with E-state index in [0.29, 0.717) is 25.2 Å². The van der Waals surface area contributed by atoms with E-state index in [1.807, 2.05) is 49.4 Å². The normalized spacial score (nSPS) is 20.7. The number of aliphatic hydroxyl groups is 1. The number of rotatable bonds is 2. The Morgan fingerprint density at radius 2 is 2.00 bits per heavy atom. The summed E-state index contributed by atoms with van der Waals surface area (Å²) in [7, 11) is 0. The zero-order valence-corrected chi connectivity index (χ0v) is 13.5. The fourth-order valence-corrected chi connectivity index (χ4v) is 3.56. The Morgan fingerprint density at radius 1 is 1.17 bits per heavy atom. The van der Waals surface area contributed by atoms with Gasteiger partial charge in [0.25, 0.3) is 5.91 Å². The molecule has 1 unspecified atom stereocenters. The van der Waals surface area contributed by atoms with Crippen LogP contribution in [0.5, 0.6) is 0 Å². The highest BCUT2D eigenvalue weighted by molar-refractivity contribution is 5.93. The molecule has 0 radical (unpaired) electrons. The van der Waals surface area contributed by atoms with Crippen LogP contribution in [0, 0.1) is 6.92 Å². The molecule has 4 rings (SSSR count). The summed E-state index contributed by atoms with van der Waals surface area (Å²) in [5, 5.41) is 15.3. The fourth-order valence-electron chi connectivity index (χ4n) is 3.56. The van der Waals surface area contributed by atoms with Crippen molar-refractivity contribution >= 4 is 11.4 Å². The first-order chi connectivity index (χ1) is 11.6. The molecule has 0 bridgehead atoms. The van der Waals surface area contributed by atoms with Gasteiger partial charge in [-0.25, -0.2) is 4.52 Å². The van der Waals surface area contributed by atoms with Crippen LogP contribution in [0.15, 0.2) is 54.7 Å². The van der Waals surface area contributed by atoms with Crippen LogP contribution in [0.3, 0.4) is 0 Å². The lowest BCUT2D eigenvalue weighted by Crippen LogP contribution is -2.35. The van der Waals surface area contributed by atoms with Crippen molar-refractivity contribution in [3.63, 3.8) is 0 Å². The van der Waals surface area contributed by atoms with Gasteiger partial charge in [-0.2, -0.15) is 5.10 Å². The van der Waals surface area contributed by atoms with E-state index in [0.717, 1.165) is 16.6 Å². The molecule has 0 saturated carbocycles. The number of β-amino-alcohol motifs (C(OH)–C–C–N with tert-alkyl or cyclic N) is 1. The summed E-state index contributed by atoms with van der Waals surface area (Å²) in [5.74, 6) is -0.103. The van der Waals surface area contributed by atoms with E-state index < -0.39 is 5.60 Å². The van der Waals surface area contributed by atoms with Crippen LogP contribution in [-0.2, 0) is 5.60 Å². The molecule has 1 N–H and O–H groups in total. The van der Waals surface area contributed by atoms with Crippen molar-refractivity contribution in [3.05, 3.63) is 71.5 Å². The third-order valence-electron chi connectivity index (χ3n) is 4.82. The first-order valence-electron chi connectivity index (χ1n) is 8.09. The zero-order valence-electron chi connectivity index (χ0n) is 13.5. The monoisotopic (exact) mass is 321 g/mol. The topological polar surface area (TPSA) is 57.8 Å². The molecule has 0 aliphatic carbocycles. The third-order valence-corrected chi connectivity index (χ3v) is 4.82. The number of aryl methyl sites for hydroxylation is 1. The van der Waals surface area contributed by atoms with Crippen LogP contribution in [0.25, 0.3) is 5.52 Å². The Hall–Kier alpha value is -2.66. The Kier molecular flexibility index (Phi) is 3.39. The summed E-state index contributed by atoms with van der Waals surface area (Å²) in [6.45, 7) is 2.82. The first kappa shape index (κ1) is 14.9. The summed E-state index contributed by atoms with van der Waals surface area (Å²) in [4.78, 5) is 14.6. The van der Waals surface area contributed by atoms with Gasteiger partial charge in [-0.05, 0) is 42.7 Å². The minimum Gasteiger partial charge on any atom is -0.383 e. The maximum Gasteiger partial charge on any atom is 0.272 e. The molecule has 3 heterocycles. The lowest BCUT2D eigenvalue weighted by molar-refractivity contribution is 0.0410. The number of fused-ring (bicyclic) bond motifs is 1. The molecule has 24 heavy (non-hydrogen) atoms. The predicted octanol–water partition coefficient (Wildman–Crippen LogP) is 2.38. The molecule has 0 spiro atoms. The van der Waals surface area contributed by atoms with Crippen LogP contribution in [0.1, 0.15) is 28.0 Å². The van der Waals surface area contributed by atoms with Crippen molar-refractivity contribution in [1.82, 2.24) is 14.5 Å². The van der Waals surface area contributed by atoms with Crippen molar-refractivity contribution in [3.8, 4) is 0 Å². The van der Waals surface area contributed by atoms with Crippen LogP contribution in [0.2, 0.25) is 0 Å². The number of likely N-dealkylation sites (tertiary alicyclic amines) is 1. The van der Waals surface area contributed by atoms with Crippen molar-refractivity contribution in [2.75, 3.05) is 13.1 Å². The minimum absolute atomic E-state index is 0.103. The van der Waals surface area contributed by atoms with Crippen LogP contribution < -0.4 is 0 Å². The number of amides is 1. The molecule has 1 aliphatic heterocycles. The minimum atomic E-state index is -0.987. The van der Waals surface area contributed by atoms with E-state index in [4.69, 9.17) is 0 Å². The molecule has 3 aromatic rings. The van der Waals surface area contributed by atoms with Crippen molar-refractivity contribution in [1.29, 1.82) is 0 Å². The van der Waals surface area contributed by atoms with E-state index in [1.165, 1.54) is 0 Å². The van der Waals surface area contributed by atoms with Gasteiger partial charge in [-0.3, -0.25) is 4.79 Å². The highest BCUT2D eigenvalue weighted by atomic mass is 16.3. The molecule has 2 aromatic heterocycles. The van der Waals surface area contributed by atoms with E-state index in [9.17, 15) is 9.90 Å². The maximum atomic E-state index is 12.9. The third kappa shape index (κ3) is 2.29. The molecule has 1 amide bonds. The lowest BCUT2D eigenvalue weighted by Gasteiger charge is -2.25. The number of hydrogen-bond acceptors (Lipinski definition) is 3. The molecule has 1 aliphatic rings. The average Bonchev–Trinajstić information content (AvgIpc) is 3.21. The van der Waals surface area contributed by atoms with Gasteiger partial charge in [0.05, 0.1) is 18.3 Å². The summed E-state index contributed by atoms with van der Waals surface area (Å²) >= 11 is 0. The number of aromatic nitrogens is 2. The summed E-state index contributed by atoms with van der Waals surface area (Å²) in [6, 6.07) is 15.2. The number of carbonyl (C=O) groups excluding carboxylic acids is 1. The molecule has 1 atom stereocenters. The van der Waals surface area contributed by atoms with Crippen molar-refractivity contribution in [2.24, 2.45) is 0 Å². The van der Waals surface area contributed by atoms with E-state index >= 15 is 0 Å². The lowest BCUT2D eigenvalue weighted by atomic mass is 9.89. The van der Waals surface area contributed by atoms with E-state index in [-0.39, 0.29) is 5.91 Å². The summed E-state index contributed by atoms with van der Waals surface area (Å²) < 4.78 is 1.65. The second-order valence-corrected chi connectivity index (χ2v) is 6.40. The van der Waals surface area contributed by atoms with Gasteiger partial charge < -0.3 is 10.0 Å². The Morgan fingerprint density at radius 3 is 2.83 bits per heavy atom. The average molecular weight is 321 g/mol. The van der Waals surface area contributed by atoms with Crippen LogP contribution >= 0.6 is 0 Å². The number of nitrogens with zero attached hydrogens (tertiary/aromatic N) is 3. The number of benzene rings is 1. The van der Waals surface area contributed by atoms with Gasteiger partial charge in [0.1, 0.15) is 11.3 Å². The predicted molar refractivity (Wildman–Crippen MR) is 90.8 cm³/mol. The Bertz CT molecular complexity index is 918. The van der Waals surface area contributed by atoms with Gasteiger partial charge >= 0.3 is 0 Å². The highest BCUT2D eigenvalue weighted by Crippen LogP contribution is 2.34. The molecule has 1 aromatic carbocycles. The Labute approximate surface area is 140 Å². The number of hydrogen-bond donors (Lipinski definition) is 1. The van der Waals surface area contributed by atoms with Crippen LogP contribution in [0.4, 0.5) is 0 Å². The summed E-state index contributed by atoms with van der Waals surface area (Å²) in [6.07, 6.45) is 2.22. The zero-order chi connectivity index (χ0) is 16.7. The largest absolute Gasteiger partial charge is 0.383 e.